The van der Waals surface area contributed by atoms with Crippen molar-refractivity contribution >= 4 is 5.65 Å². The van der Waals surface area contributed by atoms with Crippen LogP contribution in [0.15, 0.2) is 85.2 Å². The number of aryl methyl sites for hydroxylation is 1. The van der Waals surface area contributed by atoms with E-state index in [1.54, 1.807) is 6.33 Å². The Morgan fingerprint density at radius 3 is 2.38 bits per heavy atom. The monoisotopic (exact) mass is 484 g/mol. The van der Waals surface area contributed by atoms with E-state index in [4.69, 9.17) is 4.98 Å². The molecule has 6 nitrogen and oxygen atoms in total. The van der Waals surface area contributed by atoms with Gasteiger partial charge in [0.25, 0.3) is 0 Å². The number of nitriles is 1. The molecule has 37 heavy (non-hydrogen) atoms. The van der Waals surface area contributed by atoms with E-state index >= 15 is 0 Å². The van der Waals surface area contributed by atoms with Gasteiger partial charge in [0.15, 0.2) is 5.65 Å². The molecule has 1 fully saturated rings. The third kappa shape index (κ3) is 4.63. The number of nitrogens with one attached hydrogen (secondary N) is 1. The molecule has 0 aliphatic carbocycles. The molecule has 1 aliphatic heterocycles. The maximum absolute atomic E-state index is 9.33. The summed E-state index contributed by atoms with van der Waals surface area (Å²) >= 11 is 0. The molecule has 1 saturated heterocycles. The summed E-state index contributed by atoms with van der Waals surface area (Å²) in [6.45, 7) is 7.22. The molecule has 3 heterocycles. The molecule has 0 amide bonds. The normalized spacial score (nSPS) is 14.1. The number of fused-ring (bicyclic) bond motifs is 1. The van der Waals surface area contributed by atoms with Gasteiger partial charge in [-0.3, -0.25) is 4.90 Å². The highest BCUT2D eigenvalue weighted by atomic mass is 15.3. The summed E-state index contributed by atoms with van der Waals surface area (Å²) in [5, 5.41) is 17.4. The number of hydrogen-bond donors (Lipinski definition) is 1. The zero-order valence-electron chi connectivity index (χ0n) is 20.9. The summed E-state index contributed by atoms with van der Waals surface area (Å²) in [4.78, 5) is 7.19. The van der Waals surface area contributed by atoms with Gasteiger partial charge in [-0.2, -0.15) is 10.4 Å². The number of hydrogen-bond acceptors (Lipinski definition) is 5. The van der Waals surface area contributed by atoms with Gasteiger partial charge in [-0.25, -0.2) is 9.50 Å². The smallest absolute Gasteiger partial charge is 0.163 e. The third-order valence-electron chi connectivity index (χ3n) is 7.05. The molecule has 6 rings (SSSR count). The van der Waals surface area contributed by atoms with Gasteiger partial charge in [0.05, 0.1) is 17.3 Å². The Kier molecular flexibility index (Phi) is 6.23. The van der Waals surface area contributed by atoms with Gasteiger partial charge in [-0.15, -0.1) is 0 Å². The topological polar surface area (TPSA) is 69.2 Å². The van der Waals surface area contributed by atoms with Crippen LogP contribution < -0.4 is 5.32 Å². The van der Waals surface area contributed by atoms with Crippen molar-refractivity contribution in [1.82, 2.24) is 24.8 Å². The van der Waals surface area contributed by atoms with Gasteiger partial charge in [0.1, 0.15) is 6.33 Å². The van der Waals surface area contributed by atoms with E-state index in [0.29, 0.717) is 5.56 Å². The highest BCUT2D eigenvalue weighted by Crippen LogP contribution is 2.38. The fourth-order valence-electron chi connectivity index (χ4n) is 5.09. The average molecular weight is 485 g/mol. The molecule has 2 aromatic heterocycles. The molecule has 5 aromatic rings. The molecule has 0 atom stereocenters. The molecule has 0 unspecified atom stereocenters. The Labute approximate surface area is 216 Å². The van der Waals surface area contributed by atoms with E-state index in [0.717, 1.165) is 71.9 Å². The molecule has 0 saturated carbocycles. The molecule has 6 heteroatoms. The lowest BCUT2D eigenvalue weighted by molar-refractivity contribution is 0.233. The van der Waals surface area contributed by atoms with Crippen molar-refractivity contribution in [2.45, 2.75) is 13.5 Å². The van der Waals surface area contributed by atoms with Crippen molar-refractivity contribution in [3.63, 3.8) is 0 Å². The highest BCUT2D eigenvalue weighted by Gasteiger charge is 2.19. The summed E-state index contributed by atoms with van der Waals surface area (Å²) < 4.78 is 1.95. The predicted octanol–water partition coefficient (Wildman–Crippen LogP) is 5.32. The minimum atomic E-state index is 0.642. The van der Waals surface area contributed by atoms with Crippen LogP contribution in [0.3, 0.4) is 0 Å². The first-order valence-corrected chi connectivity index (χ1v) is 12.7. The average Bonchev–Trinajstić information content (AvgIpc) is 3.43. The molecular weight excluding hydrogens is 456 g/mol. The Morgan fingerprint density at radius 2 is 1.62 bits per heavy atom. The number of aromatic nitrogens is 3. The van der Waals surface area contributed by atoms with Crippen molar-refractivity contribution < 1.29 is 0 Å². The van der Waals surface area contributed by atoms with Crippen molar-refractivity contribution in [3.8, 4) is 39.6 Å². The van der Waals surface area contributed by atoms with Gasteiger partial charge in [-0.1, -0.05) is 60.2 Å². The van der Waals surface area contributed by atoms with Crippen LogP contribution in [0.5, 0.6) is 0 Å². The molecule has 182 valence electrons. The first-order valence-electron chi connectivity index (χ1n) is 12.7. The van der Waals surface area contributed by atoms with Gasteiger partial charge in [0, 0.05) is 49.4 Å². The second-order valence-corrected chi connectivity index (χ2v) is 9.60. The minimum Gasteiger partial charge on any atom is -0.314 e. The first kappa shape index (κ1) is 23.1. The molecule has 0 radical (unpaired) electrons. The first-order chi connectivity index (χ1) is 18.2. The number of piperazine rings is 1. The Hall–Kier alpha value is -4.31. The lowest BCUT2D eigenvalue weighted by Crippen LogP contribution is -2.42. The molecular formula is C31H28N6. The molecule has 0 bridgehead atoms. The number of nitrogens with zero attached hydrogens (tertiary/aromatic N) is 5. The van der Waals surface area contributed by atoms with Gasteiger partial charge < -0.3 is 5.32 Å². The van der Waals surface area contributed by atoms with E-state index < -0.39 is 0 Å². The van der Waals surface area contributed by atoms with E-state index in [1.165, 1.54) is 11.1 Å². The van der Waals surface area contributed by atoms with Crippen LogP contribution in [-0.2, 0) is 6.54 Å². The van der Waals surface area contributed by atoms with E-state index in [-0.39, 0.29) is 0 Å². The molecule has 1 aliphatic rings. The number of benzene rings is 3. The number of pyridine rings is 1. The van der Waals surface area contributed by atoms with E-state index in [9.17, 15) is 5.26 Å². The third-order valence-corrected chi connectivity index (χ3v) is 7.05. The highest BCUT2D eigenvalue weighted by molar-refractivity contribution is 5.90. The SMILES string of the molecule is Cc1ccc(-c2c(-c3ccc(C#N)cc3)cc(-c3cccc(CN4CCNCC4)c3)c3ncnn23)cc1. The van der Waals surface area contributed by atoms with Gasteiger partial charge in [-0.05, 0) is 47.9 Å². The van der Waals surface area contributed by atoms with Crippen LogP contribution in [0.1, 0.15) is 16.7 Å². The summed E-state index contributed by atoms with van der Waals surface area (Å²) in [5.41, 5.74) is 10.3. The summed E-state index contributed by atoms with van der Waals surface area (Å²) in [5.74, 6) is 0. The van der Waals surface area contributed by atoms with E-state index in [2.05, 4.69) is 82.9 Å². The molecule has 1 N–H and O–H groups in total. The maximum Gasteiger partial charge on any atom is 0.163 e. The van der Waals surface area contributed by atoms with Crippen LogP contribution >= 0.6 is 0 Å². The summed E-state index contributed by atoms with van der Waals surface area (Å²) in [6, 6.07) is 29.5. The van der Waals surface area contributed by atoms with E-state index in [1.807, 2.05) is 28.8 Å². The summed E-state index contributed by atoms with van der Waals surface area (Å²) in [6.07, 6.45) is 1.63. The van der Waals surface area contributed by atoms with Crippen LogP contribution in [0.25, 0.3) is 39.2 Å². The van der Waals surface area contributed by atoms with Crippen LogP contribution in [0.4, 0.5) is 0 Å². The fourth-order valence-corrected chi connectivity index (χ4v) is 5.09. The lowest BCUT2D eigenvalue weighted by Gasteiger charge is -2.27. The maximum atomic E-state index is 9.33. The predicted molar refractivity (Wildman–Crippen MR) is 147 cm³/mol. The Balaban J connectivity index is 1.52. The molecule has 3 aromatic carbocycles. The zero-order valence-corrected chi connectivity index (χ0v) is 20.9. The van der Waals surface area contributed by atoms with Crippen molar-refractivity contribution in [1.29, 1.82) is 5.26 Å². The van der Waals surface area contributed by atoms with Crippen molar-refractivity contribution in [2.75, 3.05) is 26.2 Å². The van der Waals surface area contributed by atoms with Gasteiger partial charge in [0.2, 0.25) is 0 Å². The van der Waals surface area contributed by atoms with Crippen LogP contribution in [0, 0.1) is 18.3 Å². The zero-order chi connectivity index (χ0) is 25.2. The second-order valence-electron chi connectivity index (χ2n) is 9.60. The quantitative estimate of drug-likeness (QED) is 0.366. The summed E-state index contributed by atoms with van der Waals surface area (Å²) in [7, 11) is 0. The van der Waals surface area contributed by atoms with Crippen molar-refractivity contribution in [3.05, 3.63) is 102 Å². The fraction of sp³-hybridized carbons (Fsp3) is 0.194. The minimum absolute atomic E-state index is 0.642. The Bertz CT molecular complexity index is 1590. The second kappa shape index (κ2) is 9.98. The van der Waals surface area contributed by atoms with Gasteiger partial charge >= 0.3 is 0 Å². The largest absolute Gasteiger partial charge is 0.314 e. The van der Waals surface area contributed by atoms with Crippen molar-refractivity contribution in [2.24, 2.45) is 0 Å². The Morgan fingerprint density at radius 1 is 0.865 bits per heavy atom. The lowest BCUT2D eigenvalue weighted by atomic mass is 9.94. The standard InChI is InChI=1S/C31H28N6/c1-22-5-9-26(10-6-22)30-28(25-11-7-23(19-32)8-12-25)18-29(31-34-21-35-37(30)31)27-4-2-3-24(17-27)20-36-15-13-33-14-16-36/h2-12,17-18,21,33H,13-16,20H2,1H3. The molecule has 0 spiro atoms. The van der Waals surface area contributed by atoms with Crippen LogP contribution in [0.2, 0.25) is 0 Å². The number of rotatable bonds is 5. The van der Waals surface area contributed by atoms with Crippen LogP contribution in [-0.4, -0.2) is 45.7 Å².